The number of hydrogen-bond donors (Lipinski definition) is 0. The van der Waals surface area contributed by atoms with Gasteiger partial charge >= 0.3 is 5.97 Å². The van der Waals surface area contributed by atoms with Crippen LogP contribution in [0.5, 0.6) is 0 Å². The van der Waals surface area contributed by atoms with Crippen molar-refractivity contribution in [1.82, 2.24) is 4.90 Å². The fraction of sp³-hybridized carbons (Fsp3) is 0.667. The van der Waals surface area contributed by atoms with Gasteiger partial charge in [0.1, 0.15) is 0 Å². The normalized spacial score (nSPS) is 20.9. The number of amides is 1. The molecule has 0 unspecified atom stereocenters. The van der Waals surface area contributed by atoms with Crippen LogP contribution in [0.15, 0.2) is 23.8 Å². The molecule has 24 heavy (non-hydrogen) atoms. The standard InChI is InChI=1S/C18H27NO5/c1-14(6-8-16(20)19(2)3)24-17(21)9-7-15-5-4-10-18(13-15)22-11-12-23-18/h5,7,9,14H,4,6,8,10-13H2,1-3H3/b9-7+/t14-/m1/s1. The van der Waals surface area contributed by atoms with Gasteiger partial charge in [-0.1, -0.05) is 12.2 Å². The first-order valence-corrected chi connectivity index (χ1v) is 8.46. The Labute approximate surface area is 143 Å². The zero-order valence-corrected chi connectivity index (χ0v) is 14.7. The predicted molar refractivity (Wildman–Crippen MR) is 89.2 cm³/mol. The molecule has 0 aromatic heterocycles. The summed E-state index contributed by atoms with van der Waals surface area (Å²) in [6.45, 7) is 3.05. The SMILES string of the molecule is C[C@H](CCC(=O)N(C)C)OC(=O)/C=C/C1=CCCC2(C1)OCCO2. The van der Waals surface area contributed by atoms with E-state index in [0.717, 1.165) is 18.4 Å². The van der Waals surface area contributed by atoms with Crippen molar-refractivity contribution >= 4 is 11.9 Å². The monoisotopic (exact) mass is 337 g/mol. The highest BCUT2D eigenvalue weighted by atomic mass is 16.7. The molecule has 6 nitrogen and oxygen atoms in total. The molecule has 1 spiro atoms. The van der Waals surface area contributed by atoms with Crippen LogP contribution in [0.4, 0.5) is 0 Å². The summed E-state index contributed by atoms with van der Waals surface area (Å²) in [7, 11) is 3.42. The Morgan fingerprint density at radius 2 is 2.08 bits per heavy atom. The van der Waals surface area contributed by atoms with Crippen molar-refractivity contribution < 1.29 is 23.8 Å². The summed E-state index contributed by atoms with van der Waals surface area (Å²) < 4.78 is 16.7. The van der Waals surface area contributed by atoms with E-state index in [4.69, 9.17) is 14.2 Å². The number of carbonyl (C=O) groups is 2. The van der Waals surface area contributed by atoms with Crippen LogP contribution in [0.2, 0.25) is 0 Å². The van der Waals surface area contributed by atoms with Gasteiger partial charge in [-0.3, -0.25) is 4.79 Å². The van der Waals surface area contributed by atoms with Gasteiger partial charge in [-0.05, 0) is 25.3 Å². The average Bonchev–Trinajstić information content (AvgIpc) is 2.98. The van der Waals surface area contributed by atoms with Crippen molar-refractivity contribution in [2.45, 2.75) is 50.9 Å². The van der Waals surface area contributed by atoms with Gasteiger partial charge in [-0.25, -0.2) is 4.79 Å². The second kappa shape index (κ2) is 8.44. The lowest BCUT2D eigenvalue weighted by Crippen LogP contribution is -2.32. The maximum absolute atomic E-state index is 11.9. The quantitative estimate of drug-likeness (QED) is 0.549. The highest BCUT2D eigenvalue weighted by Crippen LogP contribution is 2.36. The molecular formula is C18H27NO5. The topological polar surface area (TPSA) is 65.1 Å². The number of hydrogen-bond acceptors (Lipinski definition) is 5. The average molecular weight is 337 g/mol. The molecular weight excluding hydrogens is 310 g/mol. The molecule has 1 atom stereocenters. The smallest absolute Gasteiger partial charge is 0.331 e. The number of ether oxygens (including phenoxy) is 3. The molecule has 134 valence electrons. The minimum Gasteiger partial charge on any atom is -0.459 e. The van der Waals surface area contributed by atoms with Crippen molar-refractivity contribution in [3.05, 3.63) is 23.8 Å². The van der Waals surface area contributed by atoms with Gasteiger partial charge in [0, 0.05) is 39.4 Å². The minimum absolute atomic E-state index is 0.0302. The number of nitrogens with zero attached hydrogens (tertiary/aromatic N) is 1. The van der Waals surface area contributed by atoms with E-state index in [2.05, 4.69) is 6.08 Å². The molecule has 0 N–H and O–H groups in total. The summed E-state index contributed by atoms with van der Waals surface area (Å²) in [4.78, 5) is 25.0. The van der Waals surface area contributed by atoms with Crippen LogP contribution in [-0.2, 0) is 23.8 Å². The zero-order valence-electron chi connectivity index (χ0n) is 14.7. The van der Waals surface area contributed by atoms with Crippen LogP contribution in [0, 0.1) is 0 Å². The summed E-state index contributed by atoms with van der Waals surface area (Å²) in [6, 6.07) is 0. The maximum Gasteiger partial charge on any atom is 0.331 e. The molecule has 1 aliphatic carbocycles. The van der Waals surface area contributed by atoms with E-state index in [9.17, 15) is 9.59 Å². The fourth-order valence-electron chi connectivity index (χ4n) is 2.84. The Hall–Kier alpha value is -1.66. The molecule has 2 aliphatic rings. The van der Waals surface area contributed by atoms with E-state index in [0.29, 0.717) is 32.5 Å². The van der Waals surface area contributed by atoms with Gasteiger partial charge in [0.25, 0.3) is 0 Å². The third-order valence-corrected chi connectivity index (χ3v) is 4.23. The van der Waals surface area contributed by atoms with E-state index in [1.54, 1.807) is 27.1 Å². The number of rotatable bonds is 6. The van der Waals surface area contributed by atoms with E-state index >= 15 is 0 Å². The molecule has 0 aromatic carbocycles. The first kappa shape index (κ1) is 18.7. The molecule has 1 fully saturated rings. The Morgan fingerprint density at radius 3 is 2.75 bits per heavy atom. The van der Waals surface area contributed by atoms with Crippen LogP contribution >= 0.6 is 0 Å². The summed E-state index contributed by atoms with van der Waals surface area (Å²) in [5.41, 5.74) is 1.02. The van der Waals surface area contributed by atoms with E-state index in [1.165, 1.54) is 11.0 Å². The number of esters is 1. The highest BCUT2D eigenvalue weighted by molar-refractivity contribution is 5.82. The van der Waals surface area contributed by atoms with Crippen LogP contribution < -0.4 is 0 Å². The first-order valence-electron chi connectivity index (χ1n) is 8.46. The van der Waals surface area contributed by atoms with E-state index < -0.39 is 11.8 Å². The minimum atomic E-state index is -0.502. The molecule has 1 aliphatic heterocycles. The molecule has 6 heteroatoms. The van der Waals surface area contributed by atoms with Crippen molar-refractivity contribution in [3.8, 4) is 0 Å². The highest BCUT2D eigenvalue weighted by Gasteiger charge is 2.38. The lowest BCUT2D eigenvalue weighted by Gasteiger charge is -2.30. The maximum atomic E-state index is 11.9. The predicted octanol–water partition coefficient (Wildman–Crippen LogP) is 2.20. The van der Waals surface area contributed by atoms with Crippen molar-refractivity contribution in [2.75, 3.05) is 27.3 Å². The Morgan fingerprint density at radius 1 is 1.38 bits per heavy atom. The molecule has 0 aromatic rings. The lowest BCUT2D eigenvalue weighted by atomic mass is 9.93. The first-order chi connectivity index (χ1) is 11.4. The summed E-state index contributed by atoms with van der Waals surface area (Å²) >= 11 is 0. The van der Waals surface area contributed by atoms with Crippen LogP contribution in [0.3, 0.4) is 0 Å². The second-order valence-electron chi connectivity index (χ2n) is 6.51. The van der Waals surface area contributed by atoms with Gasteiger partial charge in [0.05, 0.1) is 19.3 Å². The molecule has 0 radical (unpaired) electrons. The van der Waals surface area contributed by atoms with Crippen molar-refractivity contribution in [1.29, 1.82) is 0 Å². The largest absolute Gasteiger partial charge is 0.459 e. The van der Waals surface area contributed by atoms with Crippen LogP contribution in [-0.4, -0.2) is 56.0 Å². The van der Waals surface area contributed by atoms with Gasteiger partial charge in [-0.2, -0.15) is 0 Å². The summed E-state index contributed by atoms with van der Waals surface area (Å²) in [5.74, 6) is -0.866. The molecule has 1 heterocycles. The third-order valence-electron chi connectivity index (χ3n) is 4.23. The molecule has 1 saturated heterocycles. The van der Waals surface area contributed by atoms with Gasteiger partial charge in [0.2, 0.25) is 5.91 Å². The Bertz CT molecular complexity index is 518. The fourth-order valence-corrected chi connectivity index (χ4v) is 2.84. The second-order valence-corrected chi connectivity index (χ2v) is 6.51. The zero-order chi connectivity index (χ0) is 17.6. The van der Waals surface area contributed by atoms with Gasteiger partial charge in [-0.15, -0.1) is 0 Å². The van der Waals surface area contributed by atoms with Crippen LogP contribution in [0.1, 0.15) is 39.0 Å². The van der Waals surface area contributed by atoms with E-state index in [1.807, 2.05) is 0 Å². The Balaban J connectivity index is 1.76. The summed E-state index contributed by atoms with van der Waals surface area (Å²) in [5, 5.41) is 0. The lowest BCUT2D eigenvalue weighted by molar-refractivity contribution is -0.162. The van der Waals surface area contributed by atoms with Crippen LogP contribution in [0.25, 0.3) is 0 Å². The third kappa shape index (κ3) is 5.46. The Kier molecular flexibility index (Phi) is 6.57. The number of allylic oxidation sites excluding steroid dienone is 2. The summed E-state index contributed by atoms with van der Waals surface area (Å²) in [6.07, 6.45) is 8.28. The van der Waals surface area contributed by atoms with Gasteiger partial charge < -0.3 is 19.1 Å². The molecule has 0 bridgehead atoms. The van der Waals surface area contributed by atoms with E-state index in [-0.39, 0.29) is 12.0 Å². The molecule has 2 rings (SSSR count). The number of carbonyl (C=O) groups excluding carboxylic acids is 2. The van der Waals surface area contributed by atoms with Crippen molar-refractivity contribution in [3.63, 3.8) is 0 Å². The van der Waals surface area contributed by atoms with Gasteiger partial charge in [0.15, 0.2) is 5.79 Å². The molecule has 1 amide bonds. The van der Waals surface area contributed by atoms with Crippen molar-refractivity contribution in [2.24, 2.45) is 0 Å². The molecule has 0 saturated carbocycles.